The molecule has 1 unspecified atom stereocenters. The zero-order chi connectivity index (χ0) is 18.3. The van der Waals surface area contributed by atoms with Crippen LogP contribution in [-0.4, -0.2) is 21.1 Å². The third-order valence-corrected chi connectivity index (χ3v) is 6.72. The topological polar surface area (TPSA) is 46.6 Å². The molecule has 0 radical (unpaired) electrons. The van der Waals surface area contributed by atoms with Gasteiger partial charge < -0.3 is 4.74 Å². The summed E-state index contributed by atoms with van der Waals surface area (Å²) >= 11 is 0. The minimum Gasteiger partial charge on any atom is -0.494 e. The molecule has 3 aromatic rings. The molecule has 1 aliphatic heterocycles. The molecule has 1 atom stereocenters. The van der Waals surface area contributed by atoms with E-state index in [-0.39, 0.29) is 6.04 Å². The Kier molecular flexibility index (Phi) is 4.11. The standard InChI is InChI=1S/C21H21NO3S/c1-3-25-19-10-8-17-14-20(11-9-16(17)13-19)26(23,24)22-15(2)12-18-6-4-5-7-21(18)22/h4-11,13-15H,3,12H2,1-2H3. The number of hydrogen-bond donors (Lipinski definition) is 0. The molecular formula is C21H21NO3S. The lowest BCUT2D eigenvalue weighted by Crippen LogP contribution is -2.35. The molecule has 0 saturated carbocycles. The lowest BCUT2D eigenvalue weighted by atomic mass is 10.1. The van der Waals surface area contributed by atoms with E-state index in [1.54, 1.807) is 16.4 Å². The highest BCUT2D eigenvalue weighted by Crippen LogP contribution is 2.37. The van der Waals surface area contributed by atoms with Crippen LogP contribution in [0.5, 0.6) is 5.75 Å². The van der Waals surface area contributed by atoms with Gasteiger partial charge in [-0.15, -0.1) is 0 Å². The summed E-state index contributed by atoms with van der Waals surface area (Å²) in [6.45, 7) is 4.49. The first kappa shape index (κ1) is 16.9. The molecule has 1 heterocycles. The normalized spacial score (nSPS) is 16.7. The number of rotatable bonds is 4. The van der Waals surface area contributed by atoms with Crippen LogP contribution in [0.2, 0.25) is 0 Å². The smallest absolute Gasteiger partial charge is 0.264 e. The Hall–Kier alpha value is -2.53. The molecule has 0 bridgehead atoms. The number of hydrogen-bond acceptors (Lipinski definition) is 3. The van der Waals surface area contributed by atoms with Gasteiger partial charge in [-0.25, -0.2) is 8.42 Å². The average Bonchev–Trinajstić information content (AvgIpc) is 2.98. The third kappa shape index (κ3) is 2.72. The van der Waals surface area contributed by atoms with Gasteiger partial charge in [0.1, 0.15) is 5.75 Å². The van der Waals surface area contributed by atoms with Crippen LogP contribution in [0.4, 0.5) is 5.69 Å². The van der Waals surface area contributed by atoms with Gasteiger partial charge in [-0.1, -0.05) is 30.3 Å². The molecule has 0 spiro atoms. The molecule has 0 aliphatic carbocycles. The number of ether oxygens (including phenoxy) is 1. The van der Waals surface area contributed by atoms with Crippen molar-refractivity contribution in [2.45, 2.75) is 31.2 Å². The first-order valence-electron chi connectivity index (χ1n) is 8.79. The second kappa shape index (κ2) is 6.32. The van der Waals surface area contributed by atoms with Crippen LogP contribution >= 0.6 is 0 Å². The van der Waals surface area contributed by atoms with Crippen LogP contribution in [0.1, 0.15) is 19.4 Å². The molecule has 0 fully saturated rings. The number of anilines is 1. The lowest BCUT2D eigenvalue weighted by Gasteiger charge is -2.24. The Morgan fingerprint density at radius 3 is 2.58 bits per heavy atom. The minimum atomic E-state index is -3.61. The van der Waals surface area contributed by atoms with Crippen molar-refractivity contribution in [3.63, 3.8) is 0 Å². The Morgan fingerprint density at radius 2 is 1.77 bits per heavy atom. The molecule has 0 amide bonds. The number of benzene rings is 3. The Morgan fingerprint density at radius 1 is 1.04 bits per heavy atom. The highest BCUT2D eigenvalue weighted by molar-refractivity contribution is 7.92. The maximum atomic E-state index is 13.3. The van der Waals surface area contributed by atoms with Crippen LogP contribution in [0.25, 0.3) is 10.8 Å². The van der Waals surface area contributed by atoms with E-state index >= 15 is 0 Å². The van der Waals surface area contributed by atoms with Crippen molar-refractivity contribution < 1.29 is 13.2 Å². The number of sulfonamides is 1. The van der Waals surface area contributed by atoms with Crippen LogP contribution in [0.15, 0.2) is 65.6 Å². The lowest BCUT2D eigenvalue weighted by molar-refractivity contribution is 0.341. The number of nitrogens with zero attached hydrogens (tertiary/aromatic N) is 1. The molecule has 3 aromatic carbocycles. The van der Waals surface area contributed by atoms with E-state index in [9.17, 15) is 8.42 Å². The van der Waals surface area contributed by atoms with Crippen LogP contribution in [0.3, 0.4) is 0 Å². The quantitative estimate of drug-likeness (QED) is 0.687. The van der Waals surface area contributed by atoms with Crippen molar-refractivity contribution in [3.8, 4) is 5.75 Å². The van der Waals surface area contributed by atoms with Gasteiger partial charge in [0.2, 0.25) is 0 Å². The predicted molar refractivity (Wildman–Crippen MR) is 104 cm³/mol. The largest absolute Gasteiger partial charge is 0.494 e. The molecule has 134 valence electrons. The molecule has 1 aliphatic rings. The molecule has 4 nitrogen and oxygen atoms in total. The monoisotopic (exact) mass is 367 g/mol. The van der Waals surface area contributed by atoms with E-state index in [1.165, 1.54) is 0 Å². The van der Waals surface area contributed by atoms with E-state index < -0.39 is 10.0 Å². The summed E-state index contributed by atoms with van der Waals surface area (Å²) in [5.41, 5.74) is 1.86. The highest BCUT2D eigenvalue weighted by Gasteiger charge is 2.35. The van der Waals surface area contributed by atoms with Crippen molar-refractivity contribution in [2.24, 2.45) is 0 Å². The summed E-state index contributed by atoms with van der Waals surface area (Å²) in [6, 6.07) is 18.6. The molecular weight excluding hydrogens is 346 g/mol. The van der Waals surface area contributed by atoms with E-state index in [2.05, 4.69) is 0 Å². The third-order valence-electron chi connectivity index (χ3n) is 4.80. The summed E-state index contributed by atoms with van der Waals surface area (Å²) in [5, 5.41) is 1.85. The first-order chi connectivity index (χ1) is 12.5. The van der Waals surface area contributed by atoms with Crippen molar-refractivity contribution in [2.75, 3.05) is 10.9 Å². The summed E-state index contributed by atoms with van der Waals surface area (Å²) in [4.78, 5) is 0.317. The minimum absolute atomic E-state index is 0.0894. The van der Waals surface area contributed by atoms with Crippen molar-refractivity contribution in [3.05, 3.63) is 66.2 Å². The Balaban J connectivity index is 1.78. The van der Waals surface area contributed by atoms with Gasteiger partial charge in [0.05, 0.1) is 17.2 Å². The summed E-state index contributed by atoms with van der Waals surface area (Å²) < 4.78 is 33.7. The highest BCUT2D eigenvalue weighted by atomic mass is 32.2. The van der Waals surface area contributed by atoms with Gasteiger partial charge in [0.15, 0.2) is 0 Å². The van der Waals surface area contributed by atoms with E-state index in [1.807, 2.05) is 62.4 Å². The zero-order valence-electron chi connectivity index (χ0n) is 14.8. The maximum absolute atomic E-state index is 13.3. The second-order valence-electron chi connectivity index (χ2n) is 6.59. The average molecular weight is 367 g/mol. The van der Waals surface area contributed by atoms with E-state index in [4.69, 9.17) is 4.74 Å². The SMILES string of the molecule is CCOc1ccc2cc(S(=O)(=O)N3c4ccccc4CC3C)ccc2c1. The van der Waals surface area contributed by atoms with Gasteiger partial charge in [-0.05, 0) is 66.9 Å². The fraction of sp³-hybridized carbons (Fsp3) is 0.238. The molecule has 26 heavy (non-hydrogen) atoms. The predicted octanol–water partition coefficient (Wildman–Crippen LogP) is 4.38. The van der Waals surface area contributed by atoms with Crippen LogP contribution < -0.4 is 9.04 Å². The molecule has 0 saturated heterocycles. The summed E-state index contributed by atoms with van der Waals surface area (Å²) in [5.74, 6) is 0.790. The van der Waals surface area contributed by atoms with Crippen molar-refractivity contribution in [1.82, 2.24) is 0 Å². The zero-order valence-corrected chi connectivity index (χ0v) is 15.7. The molecule has 0 N–H and O–H groups in total. The number of fused-ring (bicyclic) bond motifs is 2. The summed E-state index contributed by atoms with van der Waals surface area (Å²) in [7, 11) is -3.61. The fourth-order valence-corrected chi connectivity index (χ4v) is 5.36. The molecule has 0 aromatic heterocycles. The van der Waals surface area contributed by atoms with Crippen molar-refractivity contribution in [1.29, 1.82) is 0 Å². The molecule has 4 rings (SSSR count). The fourth-order valence-electron chi connectivity index (χ4n) is 3.64. The van der Waals surface area contributed by atoms with Gasteiger partial charge in [0, 0.05) is 6.04 Å². The number of para-hydroxylation sites is 1. The van der Waals surface area contributed by atoms with Gasteiger partial charge in [0.25, 0.3) is 10.0 Å². The van der Waals surface area contributed by atoms with Crippen LogP contribution in [-0.2, 0) is 16.4 Å². The Labute approximate surface area is 154 Å². The molecule has 5 heteroatoms. The summed E-state index contributed by atoms with van der Waals surface area (Å²) in [6.07, 6.45) is 0.737. The van der Waals surface area contributed by atoms with E-state index in [0.717, 1.165) is 34.2 Å². The van der Waals surface area contributed by atoms with Crippen LogP contribution in [0, 0.1) is 0 Å². The Bertz CT molecular complexity index is 1080. The van der Waals surface area contributed by atoms with Gasteiger partial charge in [-0.3, -0.25) is 4.31 Å². The maximum Gasteiger partial charge on any atom is 0.264 e. The first-order valence-corrected chi connectivity index (χ1v) is 10.2. The van der Waals surface area contributed by atoms with E-state index in [0.29, 0.717) is 11.5 Å². The van der Waals surface area contributed by atoms with Gasteiger partial charge in [-0.2, -0.15) is 0 Å². The second-order valence-corrected chi connectivity index (χ2v) is 8.40. The van der Waals surface area contributed by atoms with Gasteiger partial charge >= 0.3 is 0 Å². The van der Waals surface area contributed by atoms with Crippen molar-refractivity contribution >= 4 is 26.5 Å².